The Morgan fingerprint density at radius 3 is 2.41 bits per heavy atom. The summed E-state index contributed by atoms with van der Waals surface area (Å²) in [6.07, 6.45) is 1.97. The van der Waals surface area contributed by atoms with E-state index < -0.39 is 5.91 Å². The lowest BCUT2D eigenvalue weighted by atomic mass is 10.1. The number of amides is 1. The Morgan fingerprint density at radius 2 is 1.75 bits per heavy atom. The highest BCUT2D eigenvalue weighted by Crippen LogP contribution is 2.34. The largest absolute Gasteiger partial charge is 0.493 e. The maximum absolute atomic E-state index is 11.3. The number of aryl methyl sites for hydroxylation is 2. The number of primary amides is 1. The number of nitrogens with one attached hydrogen (secondary N) is 1. The number of nitrogens with two attached hydrogens (primary N) is 1. The molecule has 0 radical (unpaired) electrons. The molecule has 8 heteroatoms. The second-order valence-electron chi connectivity index (χ2n) is 7.45. The molecule has 4 rings (SSSR count). The van der Waals surface area contributed by atoms with Gasteiger partial charge < -0.3 is 20.5 Å². The second kappa shape index (κ2) is 8.58. The summed E-state index contributed by atoms with van der Waals surface area (Å²) in [6.45, 7) is 4.45. The normalized spacial score (nSPS) is 10.9. The molecule has 0 aliphatic carbocycles. The molecule has 0 aliphatic rings. The monoisotopic (exact) mass is 431 g/mol. The average Bonchev–Trinajstić information content (AvgIpc) is 3.12. The van der Waals surface area contributed by atoms with Crippen molar-refractivity contribution in [1.29, 1.82) is 0 Å². The first-order chi connectivity index (χ1) is 15.4. The van der Waals surface area contributed by atoms with Crippen LogP contribution < -0.4 is 20.5 Å². The molecule has 0 fully saturated rings. The first-order valence-corrected chi connectivity index (χ1v) is 10.1. The number of carbonyl (C=O) groups excluding carboxylic acids is 1. The van der Waals surface area contributed by atoms with Gasteiger partial charge in [0.2, 0.25) is 5.91 Å². The zero-order valence-electron chi connectivity index (χ0n) is 18.5. The van der Waals surface area contributed by atoms with Crippen molar-refractivity contribution in [2.24, 2.45) is 5.73 Å². The summed E-state index contributed by atoms with van der Waals surface area (Å²) in [5, 5.41) is 3.37. The molecule has 2 aromatic carbocycles. The van der Waals surface area contributed by atoms with Crippen LogP contribution in [-0.4, -0.2) is 34.5 Å². The lowest BCUT2D eigenvalue weighted by Crippen LogP contribution is -2.11. The van der Waals surface area contributed by atoms with Crippen molar-refractivity contribution < 1.29 is 14.3 Å². The maximum atomic E-state index is 11.3. The van der Waals surface area contributed by atoms with E-state index in [0.29, 0.717) is 29.4 Å². The zero-order valence-corrected chi connectivity index (χ0v) is 18.5. The van der Waals surface area contributed by atoms with Gasteiger partial charge in [0.1, 0.15) is 0 Å². The van der Waals surface area contributed by atoms with E-state index in [2.05, 4.69) is 10.3 Å². The summed E-state index contributed by atoms with van der Waals surface area (Å²) in [5.74, 6) is 1.56. The summed E-state index contributed by atoms with van der Waals surface area (Å²) < 4.78 is 12.9. The van der Waals surface area contributed by atoms with Crippen LogP contribution in [0.5, 0.6) is 11.5 Å². The Kier molecular flexibility index (Phi) is 5.68. The fourth-order valence-electron chi connectivity index (χ4n) is 3.70. The fraction of sp³-hybridized carbons (Fsp3) is 0.208. The number of fused-ring (bicyclic) bond motifs is 1. The van der Waals surface area contributed by atoms with Crippen molar-refractivity contribution in [3.63, 3.8) is 0 Å². The van der Waals surface area contributed by atoms with Gasteiger partial charge in [0.05, 0.1) is 31.3 Å². The van der Waals surface area contributed by atoms with E-state index in [1.165, 1.54) is 0 Å². The lowest BCUT2D eigenvalue weighted by Gasteiger charge is -2.12. The molecule has 164 valence electrons. The lowest BCUT2D eigenvalue weighted by molar-refractivity contribution is 0.100. The van der Waals surface area contributed by atoms with Crippen LogP contribution in [-0.2, 0) is 6.54 Å². The Balaban J connectivity index is 1.71. The molecule has 0 saturated carbocycles. The number of rotatable bonds is 7. The number of anilines is 1. The molecule has 32 heavy (non-hydrogen) atoms. The van der Waals surface area contributed by atoms with Crippen LogP contribution >= 0.6 is 0 Å². The van der Waals surface area contributed by atoms with Gasteiger partial charge in [0.15, 0.2) is 23.0 Å². The number of imidazole rings is 1. The predicted molar refractivity (Wildman–Crippen MR) is 123 cm³/mol. The number of hydrogen-bond acceptors (Lipinski definition) is 6. The third kappa shape index (κ3) is 3.94. The maximum Gasteiger partial charge on any atom is 0.248 e. The van der Waals surface area contributed by atoms with Crippen LogP contribution in [0.15, 0.2) is 48.7 Å². The van der Waals surface area contributed by atoms with Gasteiger partial charge in [0.25, 0.3) is 0 Å². The van der Waals surface area contributed by atoms with Crippen molar-refractivity contribution in [3.05, 3.63) is 71.2 Å². The van der Waals surface area contributed by atoms with Crippen molar-refractivity contribution in [2.45, 2.75) is 20.4 Å². The zero-order chi connectivity index (χ0) is 22.8. The van der Waals surface area contributed by atoms with Gasteiger partial charge in [-0.3, -0.25) is 9.20 Å². The highest BCUT2D eigenvalue weighted by molar-refractivity contribution is 5.92. The highest BCUT2D eigenvalue weighted by Gasteiger charge is 2.17. The molecule has 0 bridgehead atoms. The van der Waals surface area contributed by atoms with Gasteiger partial charge in [-0.2, -0.15) is 0 Å². The summed E-state index contributed by atoms with van der Waals surface area (Å²) >= 11 is 0. The van der Waals surface area contributed by atoms with Gasteiger partial charge in [-0.15, -0.1) is 0 Å². The van der Waals surface area contributed by atoms with Crippen LogP contribution in [0, 0.1) is 13.8 Å². The molecular weight excluding hydrogens is 406 g/mol. The van der Waals surface area contributed by atoms with Crippen molar-refractivity contribution in [2.75, 3.05) is 19.5 Å². The molecule has 0 spiro atoms. The minimum absolute atomic E-state index is 0.442. The van der Waals surface area contributed by atoms with Crippen LogP contribution in [0.25, 0.3) is 16.9 Å². The number of benzene rings is 2. The molecule has 0 aliphatic heterocycles. The molecule has 2 aromatic heterocycles. The highest BCUT2D eigenvalue weighted by atomic mass is 16.5. The van der Waals surface area contributed by atoms with Gasteiger partial charge in [-0.1, -0.05) is 12.1 Å². The standard InChI is InChI=1S/C24H25N5O3/c1-14-13-29-21(18-9-10-19(31-3)20(11-18)32-4)15(2)28-24(29)23(27-14)26-12-16-5-7-17(8-6-16)22(25)30/h5-11,13H,12H2,1-4H3,(H2,25,30)(H,26,27). The molecular formula is C24H25N5O3. The van der Waals surface area contributed by atoms with Crippen molar-refractivity contribution >= 4 is 17.4 Å². The van der Waals surface area contributed by atoms with Gasteiger partial charge in [-0.05, 0) is 49.7 Å². The smallest absolute Gasteiger partial charge is 0.248 e. The number of nitrogens with zero attached hydrogens (tertiary/aromatic N) is 3. The Hall–Kier alpha value is -4.07. The third-order valence-corrected chi connectivity index (χ3v) is 5.26. The minimum Gasteiger partial charge on any atom is -0.493 e. The molecule has 4 aromatic rings. The molecule has 3 N–H and O–H groups in total. The van der Waals surface area contributed by atoms with Crippen LogP contribution in [0.3, 0.4) is 0 Å². The number of hydrogen-bond donors (Lipinski definition) is 2. The van der Waals surface area contributed by atoms with E-state index in [1.807, 2.05) is 54.8 Å². The van der Waals surface area contributed by atoms with E-state index in [0.717, 1.165) is 33.9 Å². The molecule has 0 saturated heterocycles. The van der Waals surface area contributed by atoms with Gasteiger partial charge >= 0.3 is 0 Å². The topological polar surface area (TPSA) is 104 Å². The summed E-state index contributed by atoms with van der Waals surface area (Å²) in [4.78, 5) is 20.7. The van der Waals surface area contributed by atoms with Crippen molar-refractivity contribution in [3.8, 4) is 22.8 Å². The van der Waals surface area contributed by atoms with Crippen LogP contribution in [0.1, 0.15) is 27.3 Å². The Labute approximate surface area is 186 Å². The second-order valence-corrected chi connectivity index (χ2v) is 7.45. The Morgan fingerprint density at radius 1 is 1.03 bits per heavy atom. The van der Waals surface area contributed by atoms with Crippen molar-refractivity contribution in [1.82, 2.24) is 14.4 Å². The van der Waals surface area contributed by atoms with Crippen LogP contribution in [0.2, 0.25) is 0 Å². The predicted octanol–water partition coefficient (Wildman–Crippen LogP) is 3.74. The van der Waals surface area contributed by atoms with Gasteiger partial charge in [-0.25, -0.2) is 9.97 Å². The summed E-state index contributed by atoms with van der Waals surface area (Å²) in [7, 11) is 3.24. The first kappa shape index (κ1) is 21.2. The SMILES string of the molecule is COc1ccc(-c2c(C)nc3c(NCc4ccc(C(N)=O)cc4)nc(C)cn23)cc1OC. The number of aromatic nitrogens is 3. The Bertz CT molecular complexity index is 1300. The van der Waals surface area contributed by atoms with E-state index >= 15 is 0 Å². The number of carbonyl (C=O) groups is 1. The molecule has 0 atom stereocenters. The first-order valence-electron chi connectivity index (χ1n) is 10.1. The quantitative estimate of drug-likeness (QED) is 0.462. The van der Waals surface area contributed by atoms with E-state index in [4.69, 9.17) is 20.2 Å². The molecule has 0 unspecified atom stereocenters. The number of ether oxygens (including phenoxy) is 2. The fourth-order valence-corrected chi connectivity index (χ4v) is 3.70. The van der Waals surface area contributed by atoms with E-state index in [9.17, 15) is 4.79 Å². The molecule has 2 heterocycles. The minimum atomic E-state index is -0.442. The third-order valence-electron chi connectivity index (χ3n) is 5.26. The van der Waals surface area contributed by atoms with Gasteiger partial charge in [0, 0.05) is 23.9 Å². The number of methoxy groups -OCH3 is 2. The van der Waals surface area contributed by atoms with E-state index in [-0.39, 0.29) is 0 Å². The summed E-state index contributed by atoms with van der Waals surface area (Å²) in [5.41, 5.74) is 11.2. The summed E-state index contributed by atoms with van der Waals surface area (Å²) in [6, 6.07) is 13.0. The van der Waals surface area contributed by atoms with Crippen LogP contribution in [0.4, 0.5) is 5.82 Å². The van der Waals surface area contributed by atoms with E-state index in [1.54, 1.807) is 26.4 Å². The molecule has 8 nitrogen and oxygen atoms in total. The molecule has 1 amide bonds. The average molecular weight is 431 g/mol.